The molecule has 2 heterocycles. The number of nitrogens with zero attached hydrogens (tertiary/aromatic N) is 4. The van der Waals surface area contributed by atoms with Crippen LogP contribution in [0.1, 0.15) is 5.56 Å². The van der Waals surface area contributed by atoms with Gasteiger partial charge in [0.05, 0.1) is 11.3 Å². The number of likely N-dealkylation sites (N-methyl/N-ethyl adjacent to an activating group) is 1. The van der Waals surface area contributed by atoms with Gasteiger partial charge in [-0.15, -0.1) is 0 Å². The Morgan fingerprint density at radius 3 is 2.79 bits per heavy atom. The summed E-state index contributed by atoms with van der Waals surface area (Å²) < 4.78 is 0. The van der Waals surface area contributed by atoms with Gasteiger partial charge in [0, 0.05) is 45.5 Å². The molecule has 19 heavy (non-hydrogen) atoms. The Bertz CT molecular complexity index is 459. The Labute approximate surface area is 113 Å². The summed E-state index contributed by atoms with van der Waals surface area (Å²) in [6, 6.07) is 3.67. The van der Waals surface area contributed by atoms with Gasteiger partial charge in [-0.2, -0.15) is 5.26 Å². The quantitative estimate of drug-likeness (QED) is 0.804. The molecule has 6 heteroatoms. The zero-order valence-corrected chi connectivity index (χ0v) is 11.3. The standard InChI is InChI=1S/C13H20N6/c1-18-4-6-19(7-5-18)3-2-16-13-12(15)8-11(9-14)10-17-13/h8,10H,2-7,15H2,1H3,(H,16,17). The second-order valence-electron chi connectivity index (χ2n) is 4.85. The molecule has 0 atom stereocenters. The Balaban J connectivity index is 1.78. The summed E-state index contributed by atoms with van der Waals surface area (Å²) in [4.78, 5) is 8.92. The van der Waals surface area contributed by atoms with Crippen molar-refractivity contribution in [1.29, 1.82) is 5.26 Å². The van der Waals surface area contributed by atoms with Gasteiger partial charge < -0.3 is 16.0 Å². The van der Waals surface area contributed by atoms with Crippen LogP contribution in [0, 0.1) is 11.3 Å². The molecule has 2 rings (SSSR count). The first-order valence-electron chi connectivity index (χ1n) is 6.49. The zero-order valence-electron chi connectivity index (χ0n) is 11.3. The van der Waals surface area contributed by atoms with Crippen molar-refractivity contribution < 1.29 is 0 Å². The first kappa shape index (κ1) is 13.6. The lowest BCUT2D eigenvalue weighted by molar-refractivity contribution is 0.158. The smallest absolute Gasteiger partial charge is 0.149 e. The molecular formula is C13H20N6. The topological polar surface area (TPSA) is 81.2 Å². The first-order valence-corrected chi connectivity index (χ1v) is 6.49. The molecule has 0 spiro atoms. The van der Waals surface area contributed by atoms with Crippen molar-refractivity contribution >= 4 is 11.5 Å². The minimum absolute atomic E-state index is 0.488. The van der Waals surface area contributed by atoms with Crippen LogP contribution in [0.4, 0.5) is 11.5 Å². The maximum Gasteiger partial charge on any atom is 0.149 e. The van der Waals surface area contributed by atoms with Crippen LogP contribution < -0.4 is 11.1 Å². The Kier molecular flexibility index (Phi) is 4.55. The molecule has 3 N–H and O–H groups in total. The van der Waals surface area contributed by atoms with E-state index in [0.29, 0.717) is 17.1 Å². The molecule has 0 amide bonds. The molecule has 6 nitrogen and oxygen atoms in total. The molecule has 1 aromatic heterocycles. The van der Waals surface area contributed by atoms with Crippen LogP contribution in [0.25, 0.3) is 0 Å². The number of rotatable bonds is 4. The average molecular weight is 260 g/mol. The molecular weight excluding hydrogens is 240 g/mol. The number of nitrogen functional groups attached to an aromatic ring is 1. The van der Waals surface area contributed by atoms with E-state index in [-0.39, 0.29) is 0 Å². The molecule has 1 saturated heterocycles. The minimum Gasteiger partial charge on any atom is -0.396 e. The predicted octanol–water partition coefficient (Wildman–Crippen LogP) is 0.195. The Hall–Kier alpha value is -1.84. The van der Waals surface area contributed by atoms with Crippen molar-refractivity contribution in [2.24, 2.45) is 0 Å². The fourth-order valence-electron chi connectivity index (χ4n) is 2.09. The fourth-order valence-corrected chi connectivity index (χ4v) is 2.09. The van der Waals surface area contributed by atoms with Crippen LogP contribution in [0.2, 0.25) is 0 Å². The van der Waals surface area contributed by atoms with Gasteiger partial charge in [0.2, 0.25) is 0 Å². The number of pyridine rings is 1. The van der Waals surface area contributed by atoms with Crippen molar-refractivity contribution in [3.63, 3.8) is 0 Å². The number of anilines is 2. The summed E-state index contributed by atoms with van der Waals surface area (Å²) in [6.07, 6.45) is 1.54. The normalized spacial score (nSPS) is 17.1. The lowest BCUT2D eigenvalue weighted by Crippen LogP contribution is -2.45. The van der Waals surface area contributed by atoms with Gasteiger partial charge in [-0.05, 0) is 13.1 Å². The number of nitrogens with one attached hydrogen (secondary N) is 1. The van der Waals surface area contributed by atoms with E-state index in [2.05, 4.69) is 27.1 Å². The highest BCUT2D eigenvalue weighted by Gasteiger charge is 2.13. The summed E-state index contributed by atoms with van der Waals surface area (Å²) in [5.41, 5.74) is 6.85. The molecule has 0 bridgehead atoms. The van der Waals surface area contributed by atoms with E-state index in [9.17, 15) is 0 Å². The summed E-state index contributed by atoms with van der Waals surface area (Å²) >= 11 is 0. The largest absolute Gasteiger partial charge is 0.396 e. The maximum atomic E-state index is 8.74. The molecule has 1 aliphatic heterocycles. The fraction of sp³-hybridized carbons (Fsp3) is 0.538. The lowest BCUT2D eigenvalue weighted by Gasteiger charge is -2.32. The van der Waals surface area contributed by atoms with Crippen LogP contribution in [0.3, 0.4) is 0 Å². The van der Waals surface area contributed by atoms with Crippen LogP contribution >= 0.6 is 0 Å². The monoisotopic (exact) mass is 260 g/mol. The number of hydrogen-bond acceptors (Lipinski definition) is 6. The molecule has 0 saturated carbocycles. The van der Waals surface area contributed by atoms with Crippen molar-refractivity contribution in [3.8, 4) is 6.07 Å². The van der Waals surface area contributed by atoms with Crippen LogP contribution in [0.5, 0.6) is 0 Å². The number of hydrogen-bond donors (Lipinski definition) is 2. The lowest BCUT2D eigenvalue weighted by atomic mass is 10.3. The van der Waals surface area contributed by atoms with Crippen molar-refractivity contribution in [3.05, 3.63) is 17.8 Å². The number of piperazine rings is 1. The summed E-state index contributed by atoms with van der Waals surface area (Å²) in [7, 11) is 2.15. The van der Waals surface area contributed by atoms with E-state index in [4.69, 9.17) is 11.0 Å². The highest BCUT2D eigenvalue weighted by molar-refractivity contribution is 5.62. The van der Waals surface area contributed by atoms with Gasteiger partial charge in [-0.3, -0.25) is 4.90 Å². The Morgan fingerprint density at radius 1 is 1.42 bits per heavy atom. The molecule has 0 aliphatic carbocycles. The third-order valence-corrected chi connectivity index (χ3v) is 3.36. The van der Waals surface area contributed by atoms with E-state index < -0.39 is 0 Å². The second-order valence-corrected chi connectivity index (χ2v) is 4.85. The van der Waals surface area contributed by atoms with E-state index >= 15 is 0 Å². The molecule has 102 valence electrons. The molecule has 0 aromatic carbocycles. The predicted molar refractivity (Wildman–Crippen MR) is 75.8 cm³/mol. The summed E-state index contributed by atoms with van der Waals surface area (Å²) in [5, 5.41) is 12.0. The van der Waals surface area contributed by atoms with Crippen LogP contribution in [0.15, 0.2) is 12.3 Å². The SMILES string of the molecule is CN1CCN(CCNc2ncc(C#N)cc2N)CC1. The molecule has 1 aromatic rings. The average Bonchev–Trinajstić information content (AvgIpc) is 2.42. The number of nitriles is 1. The third-order valence-electron chi connectivity index (χ3n) is 3.36. The van der Waals surface area contributed by atoms with Gasteiger partial charge in [-0.1, -0.05) is 0 Å². The van der Waals surface area contributed by atoms with Gasteiger partial charge >= 0.3 is 0 Å². The van der Waals surface area contributed by atoms with Crippen molar-refractivity contribution in [2.45, 2.75) is 0 Å². The highest BCUT2D eigenvalue weighted by Crippen LogP contribution is 2.15. The summed E-state index contributed by atoms with van der Waals surface area (Å²) in [5.74, 6) is 0.660. The van der Waals surface area contributed by atoms with Gasteiger partial charge in [-0.25, -0.2) is 4.98 Å². The van der Waals surface area contributed by atoms with Crippen molar-refractivity contribution in [2.75, 3.05) is 57.4 Å². The molecule has 1 fully saturated rings. The third kappa shape index (κ3) is 3.81. The van der Waals surface area contributed by atoms with Crippen molar-refractivity contribution in [1.82, 2.24) is 14.8 Å². The number of nitrogens with two attached hydrogens (primary N) is 1. The maximum absolute atomic E-state index is 8.74. The van der Waals surface area contributed by atoms with Gasteiger partial charge in [0.15, 0.2) is 0 Å². The number of aromatic nitrogens is 1. The summed E-state index contributed by atoms with van der Waals surface area (Å²) in [6.45, 7) is 6.25. The van der Waals surface area contributed by atoms with Gasteiger partial charge in [0.25, 0.3) is 0 Å². The van der Waals surface area contributed by atoms with E-state index in [1.165, 1.54) is 6.20 Å². The van der Waals surface area contributed by atoms with Gasteiger partial charge in [0.1, 0.15) is 11.9 Å². The van der Waals surface area contributed by atoms with Crippen LogP contribution in [-0.2, 0) is 0 Å². The zero-order chi connectivity index (χ0) is 13.7. The molecule has 0 unspecified atom stereocenters. The van der Waals surface area contributed by atoms with Crippen LogP contribution in [-0.4, -0.2) is 61.1 Å². The second kappa shape index (κ2) is 6.36. The highest BCUT2D eigenvalue weighted by atomic mass is 15.2. The molecule has 0 radical (unpaired) electrons. The molecule has 1 aliphatic rings. The van der Waals surface area contributed by atoms with E-state index in [0.717, 1.165) is 39.3 Å². The first-order chi connectivity index (χ1) is 9.19. The van der Waals surface area contributed by atoms with E-state index in [1.54, 1.807) is 6.07 Å². The minimum atomic E-state index is 0.488. The Morgan fingerprint density at radius 2 is 2.16 bits per heavy atom. The van der Waals surface area contributed by atoms with E-state index in [1.807, 2.05) is 6.07 Å².